The van der Waals surface area contributed by atoms with Crippen LogP contribution in [0, 0.1) is 17.2 Å². The maximum Gasteiger partial charge on any atom is 0.252 e. The summed E-state index contributed by atoms with van der Waals surface area (Å²) < 4.78 is 0. The number of nitrogens with zero attached hydrogens (tertiary/aromatic N) is 1. The summed E-state index contributed by atoms with van der Waals surface area (Å²) in [5.74, 6) is -0.293. The van der Waals surface area contributed by atoms with Crippen molar-refractivity contribution in [3.8, 4) is 6.07 Å². The third-order valence-electron chi connectivity index (χ3n) is 3.92. The molecule has 0 spiro atoms. The van der Waals surface area contributed by atoms with Gasteiger partial charge in [-0.05, 0) is 43.9 Å². The molecule has 1 saturated carbocycles. The number of halogens is 1. The lowest BCUT2D eigenvalue weighted by Gasteiger charge is -2.23. The van der Waals surface area contributed by atoms with Crippen molar-refractivity contribution >= 4 is 29.1 Å². The van der Waals surface area contributed by atoms with Crippen LogP contribution in [0.25, 0.3) is 0 Å². The zero-order valence-electron chi connectivity index (χ0n) is 13.1. The maximum atomic E-state index is 12.0. The first-order valence-electron chi connectivity index (χ1n) is 7.37. The second-order valence-corrected chi connectivity index (χ2v) is 6.17. The highest BCUT2D eigenvalue weighted by atomic mass is 35.5. The van der Waals surface area contributed by atoms with Crippen LogP contribution in [-0.2, 0) is 4.79 Å². The fraction of sp³-hybridized carbons (Fsp3) is 0.438. The number of benzene rings is 1. The SMILES string of the molecule is CNC(=O)c1ccc(NCC(=O)N[C@](C)(C#N)C2CC2)cc1Cl. The van der Waals surface area contributed by atoms with E-state index < -0.39 is 5.54 Å². The number of carbonyl (C=O) groups is 2. The Hall–Kier alpha value is -2.26. The Bertz CT molecular complexity index is 667. The van der Waals surface area contributed by atoms with Crippen LogP contribution >= 0.6 is 11.6 Å². The third kappa shape index (κ3) is 4.14. The molecule has 1 aromatic carbocycles. The van der Waals surface area contributed by atoms with Crippen LogP contribution in [0.5, 0.6) is 0 Å². The smallest absolute Gasteiger partial charge is 0.252 e. The van der Waals surface area contributed by atoms with E-state index in [0.717, 1.165) is 12.8 Å². The van der Waals surface area contributed by atoms with Gasteiger partial charge in [0.1, 0.15) is 5.54 Å². The number of rotatable bonds is 6. The molecule has 0 aromatic heterocycles. The highest BCUT2D eigenvalue weighted by Gasteiger charge is 2.42. The van der Waals surface area contributed by atoms with Gasteiger partial charge < -0.3 is 16.0 Å². The Balaban J connectivity index is 1.93. The Labute approximate surface area is 140 Å². The Kier molecular flexibility index (Phi) is 5.12. The summed E-state index contributed by atoms with van der Waals surface area (Å²) in [4.78, 5) is 23.6. The molecule has 0 radical (unpaired) electrons. The van der Waals surface area contributed by atoms with Gasteiger partial charge in [-0.2, -0.15) is 5.26 Å². The van der Waals surface area contributed by atoms with Crippen molar-refractivity contribution in [2.75, 3.05) is 18.9 Å². The van der Waals surface area contributed by atoms with Crippen LogP contribution in [0.1, 0.15) is 30.1 Å². The highest BCUT2D eigenvalue weighted by molar-refractivity contribution is 6.34. The number of carbonyl (C=O) groups excluding carboxylic acids is 2. The Morgan fingerprint density at radius 3 is 2.65 bits per heavy atom. The number of hydrogen-bond donors (Lipinski definition) is 3. The molecular formula is C16H19ClN4O2. The van der Waals surface area contributed by atoms with Crippen molar-refractivity contribution in [3.63, 3.8) is 0 Å². The van der Waals surface area contributed by atoms with Crippen molar-refractivity contribution in [1.82, 2.24) is 10.6 Å². The largest absolute Gasteiger partial charge is 0.376 e. The molecule has 0 aliphatic heterocycles. The summed E-state index contributed by atoms with van der Waals surface area (Å²) in [5.41, 5.74) is 0.192. The van der Waals surface area contributed by atoms with Gasteiger partial charge in [0.15, 0.2) is 0 Å². The summed E-state index contributed by atoms with van der Waals surface area (Å²) in [6.45, 7) is 1.78. The number of nitriles is 1. The molecule has 1 aliphatic carbocycles. The van der Waals surface area contributed by atoms with Crippen LogP contribution in [0.4, 0.5) is 5.69 Å². The summed E-state index contributed by atoms with van der Waals surface area (Å²) in [5, 5.41) is 17.7. The number of hydrogen-bond acceptors (Lipinski definition) is 4. The molecule has 1 atom stereocenters. The molecule has 6 nitrogen and oxygen atoms in total. The van der Waals surface area contributed by atoms with Crippen LogP contribution < -0.4 is 16.0 Å². The van der Waals surface area contributed by atoms with Gasteiger partial charge in [-0.25, -0.2) is 0 Å². The summed E-state index contributed by atoms with van der Waals surface area (Å²) in [7, 11) is 1.53. The first-order valence-corrected chi connectivity index (χ1v) is 7.75. The molecule has 1 aliphatic rings. The lowest BCUT2D eigenvalue weighted by Crippen LogP contribution is -2.48. The molecular weight excluding hydrogens is 316 g/mol. The van der Waals surface area contributed by atoms with Crippen LogP contribution in [0.15, 0.2) is 18.2 Å². The van der Waals surface area contributed by atoms with Gasteiger partial charge in [0.25, 0.3) is 5.91 Å². The molecule has 0 saturated heterocycles. The summed E-state index contributed by atoms with van der Waals surface area (Å²) in [6.07, 6.45) is 1.93. The van der Waals surface area contributed by atoms with E-state index in [0.29, 0.717) is 16.3 Å². The topological polar surface area (TPSA) is 94.0 Å². The van der Waals surface area contributed by atoms with Crippen molar-refractivity contribution < 1.29 is 9.59 Å². The molecule has 122 valence electrons. The maximum absolute atomic E-state index is 12.0. The molecule has 3 N–H and O–H groups in total. The van der Waals surface area contributed by atoms with E-state index in [1.54, 1.807) is 25.1 Å². The molecule has 0 unspecified atom stereocenters. The predicted molar refractivity (Wildman–Crippen MR) is 88.2 cm³/mol. The monoisotopic (exact) mass is 334 g/mol. The van der Waals surface area contributed by atoms with E-state index in [1.807, 2.05) is 0 Å². The lowest BCUT2D eigenvalue weighted by molar-refractivity contribution is -0.120. The fourth-order valence-electron chi connectivity index (χ4n) is 2.34. The van der Waals surface area contributed by atoms with Gasteiger partial charge in [0.05, 0.1) is 23.2 Å². The minimum absolute atomic E-state index is 0.0274. The number of anilines is 1. The minimum atomic E-state index is -0.806. The van der Waals surface area contributed by atoms with Gasteiger partial charge in [0, 0.05) is 12.7 Å². The van der Waals surface area contributed by atoms with Crippen molar-refractivity contribution in [2.24, 2.45) is 5.92 Å². The fourth-order valence-corrected chi connectivity index (χ4v) is 2.61. The molecule has 0 heterocycles. The molecule has 1 aromatic rings. The second-order valence-electron chi connectivity index (χ2n) is 5.76. The van der Waals surface area contributed by atoms with Crippen LogP contribution in [-0.4, -0.2) is 30.9 Å². The molecule has 0 bridgehead atoms. The van der Waals surface area contributed by atoms with E-state index >= 15 is 0 Å². The van der Waals surface area contributed by atoms with Gasteiger partial charge in [-0.15, -0.1) is 0 Å². The molecule has 2 amide bonds. The quantitative estimate of drug-likeness (QED) is 0.740. The van der Waals surface area contributed by atoms with Gasteiger partial charge in [-0.1, -0.05) is 11.6 Å². The number of nitrogens with one attached hydrogen (secondary N) is 3. The highest BCUT2D eigenvalue weighted by Crippen LogP contribution is 2.39. The average Bonchev–Trinajstić information content (AvgIpc) is 3.37. The molecule has 2 rings (SSSR count). The van der Waals surface area contributed by atoms with E-state index in [9.17, 15) is 14.9 Å². The van der Waals surface area contributed by atoms with Gasteiger partial charge >= 0.3 is 0 Å². The van der Waals surface area contributed by atoms with E-state index in [-0.39, 0.29) is 24.3 Å². The van der Waals surface area contributed by atoms with Crippen LogP contribution in [0.2, 0.25) is 5.02 Å². The molecule has 1 fully saturated rings. The summed E-state index contributed by atoms with van der Waals surface area (Å²) in [6, 6.07) is 7.03. The normalized spacial score (nSPS) is 15.9. The second kappa shape index (κ2) is 6.88. The van der Waals surface area contributed by atoms with Gasteiger partial charge in [0.2, 0.25) is 5.91 Å². The average molecular weight is 335 g/mol. The van der Waals surface area contributed by atoms with E-state index in [1.165, 1.54) is 7.05 Å². The van der Waals surface area contributed by atoms with Crippen molar-refractivity contribution in [3.05, 3.63) is 28.8 Å². The zero-order valence-corrected chi connectivity index (χ0v) is 13.8. The van der Waals surface area contributed by atoms with Crippen LogP contribution in [0.3, 0.4) is 0 Å². The molecule has 7 heteroatoms. The first-order chi connectivity index (χ1) is 10.9. The lowest BCUT2D eigenvalue weighted by atomic mass is 9.98. The summed E-state index contributed by atoms with van der Waals surface area (Å²) >= 11 is 6.05. The standard InChI is InChI=1S/C16H19ClN4O2/c1-16(9-18,10-3-4-10)21-14(22)8-20-11-5-6-12(13(17)7-11)15(23)19-2/h5-7,10,20H,3-4,8H2,1-2H3,(H,19,23)(H,21,22)/t16-/m1/s1. The van der Waals surface area contributed by atoms with E-state index in [4.69, 9.17) is 11.6 Å². The third-order valence-corrected chi connectivity index (χ3v) is 4.23. The number of amides is 2. The van der Waals surface area contributed by atoms with Crippen molar-refractivity contribution in [1.29, 1.82) is 5.26 Å². The molecule has 23 heavy (non-hydrogen) atoms. The minimum Gasteiger partial charge on any atom is -0.376 e. The first kappa shape index (κ1) is 17.1. The predicted octanol–water partition coefficient (Wildman–Crippen LogP) is 1.92. The van der Waals surface area contributed by atoms with E-state index in [2.05, 4.69) is 22.0 Å². The zero-order chi connectivity index (χ0) is 17.0. The van der Waals surface area contributed by atoms with Gasteiger partial charge in [-0.3, -0.25) is 9.59 Å². The Morgan fingerprint density at radius 1 is 1.43 bits per heavy atom. The Morgan fingerprint density at radius 2 is 2.13 bits per heavy atom. The van der Waals surface area contributed by atoms with Crippen molar-refractivity contribution in [2.45, 2.75) is 25.3 Å².